The number of nitrogens with zero attached hydrogens (tertiary/aromatic N) is 2. The van der Waals surface area contributed by atoms with Crippen LogP contribution in [0.25, 0.3) is 0 Å². The summed E-state index contributed by atoms with van der Waals surface area (Å²) < 4.78 is 0. The molecule has 1 N–H and O–H groups in total. The fraction of sp³-hybridized carbons (Fsp3) is 0.389. The van der Waals surface area contributed by atoms with Crippen molar-refractivity contribution >= 4 is 0 Å². The van der Waals surface area contributed by atoms with Crippen LogP contribution in [0, 0.1) is 0 Å². The van der Waals surface area contributed by atoms with Crippen LogP contribution in [0.1, 0.15) is 30.0 Å². The van der Waals surface area contributed by atoms with Crippen LogP contribution in [0.15, 0.2) is 54.9 Å². The molecular weight excluding hydrogens is 258 g/mol. The first-order valence-electron chi connectivity index (χ1n) is 7.82. The maximum Gasteiger partial charge on any atom is 0.0472 e. The minimum atomic E-state index is 0.477. The highest BCUT2D eigenvalue weighted by atomic mass is 15.2. The molecule has 3 rings (SSSR count). The van der Waals surface area contributed by atoms with E-state index in [0.29, 0.717) is 6.04 Å². The molecule has 1 aromatic carbocycles. The summed E-state index contributed by atoms with van der Waals surface area (Å²) in [5.41, 5.74) is 2.66. The van der Waals surface area contributed by atoms with Gasteiger partial charge in [0.05, 0.1) is 0 Å². The molecule has 1 saturated heterocycles. The van der Waals surface area contributed by atoms with E-state index in [2.05, 4.69) is 51.6 Å². The lowest BCUT2D eigenvalue weighted by Crippen LogP contribution is -2.34. The van der Waals surface area contributed by atoms with Gasteiger partial charge in [0.15, 0.2) is 0 Å². The molecule has 0 amide bonds. The summed E-state index contributed by atoms with van der Waals surface area (Å²) in [5.74, 6) is 0. The maximum atomic E-state index is 4.17. The molecule has 1 aliphatic heterocycles. The second-order valence-corrected chi connectivity index (χ2v) is 5.66. The molecule has 0 bridgehead atoms. The number of nitrogens with one attached hydrogen (secondary N) is 1. The van der Waals surface area contributed by atoms with Crippen LogP contribution in [-0.4, -0.2) is 29.5 Å². The molecule has 3 heteroatoms. The third kappa shape index (κ3) is 3.90. The molecule has 0 radical (unpaired) electrons. The van der Waals surface area contributed by atoms with Crippen LogP contribution < -0.4 is 5.32 Å². The van der Waals surface area contributed by atoms with Gasteiger partial charge in [-0.05, 0) is 43.1 Å². The van der Waals surface area contributed by atoms with Gasteiger partial charge >= 0.3 is 0 Å². The number of aromatic nitrogens is 1. The molecule has 0 spiro atoms. The predicted molar refractivity (Wildman–Crippen MR) is 85.9 cm³/mol. The third-order valence-corrected chi connectivity index (χ3v) is 4.16. The van der Waals surface area contributed by atoms with Crippen LogP contribution in [0.4, 0.5) is 0 Å². The number of pyridine rings is 1. The quantitative estimate of drug-likeness (QED) is 0.882. The molecule has 0 aliphatic carbocycles. The Hall–Kier alpha value is -1.71. The van der Waals surface area contributed by atoms with Gasteiger partial charge in [-0.15, -0.1) is 0 Å². The first kappa shape index (κ1) is 14.2. The highest BCUT2D eigenvalue weighted by Crippen LogP contribution is 2.24. The van der Waals surface area contributed by atoms with Gasteiger partial charge in [0.2, 0.25) is 0 Å². The largest absolute Gasteiger partial charge is 0.311 e. The summed E-state index contributed by atoms with van der Waals surface area (Å²) in [6.45, 7) is 4.30. The lowest BCUT2D eigenvalue weighted by molar-refractivity contribution is 0.238. The predicted octanol–water partition coefficient (Wildman–Crippen LogP) is 3.01. The molecule has 1 atom stereocenters. The van der Waals surface area contributed by atoms with Gasteiger partial charge in [0.25, 0.3) is 0 Å². The van der Waals surface area contributed by atoms with E-state index in [0.717, 1.165) is 13.1 Å². The van der Waals surface area contributed by atoms with Gasteiger partial charge in [-0.25, -0.2) is 0 Å². The van der Waals surface area contributed by atoms with Crippen molar-refractivity contribution in [3.63, 3.8) is 0 Å². The average Bonchev–Trinajstić information content (AvgIpc) is 3.07. The van der Waals surface area contributed by atoms with Crippen LogP contribution in [-0.2, 0) is 6.54 Å². The van der Waals surface area contributed by atoms with E-state index in [1.165, 1.54) is 37.1 Å². The van der Waals surface area contributed by atoms with Crippen molar-refractivity contribution in [2.45, 2.75) is 25.4 Å². The highest BCUT2D eigenvalue weighted by Gasteiger charge is 2.22. The summed E-state index contributed by atoms with van der Waals surface area (Å²) in [5, 5.41) is 3.60. The number of hydrogen-bond donors (Lipinski definition) is 1. The Kier molecular flexibility index (Phi) is 4.98. The average molecular weight is 281 g/mol. The summed E-state index contributed by atoms with van der Waals surface area (Å²) >= 11 is 0. The van der Waals surface area contributed by atoms with Gasteiger partial charge in [-0.3, -0.25) is 9.88 Å². The second-order valence-electron chi connectivity index (χ2n) is 5.66. The SMILES string of the molecule is c1ccc([C@@H](CNCc2cccnc2)N2CCCC2)cc1. The van der Waals surface area contributed by atoms with Crippen molar-refractivity contribution in [1.82, 2.24) is 15.2 Å². The van der Waals surface area contributed by atoms with Gasteiger partial charge in [-0.2, -0.15) is 0 Å². The summed E-state index contributed by atoms with van der Waals surface area (Å²) in [6, 6.07) is 15.4. The number of benzene rings is 1. The van der Waals surface area contributed by atoms with Crippen LogP contribution in [0.3, 0.4) is 0 Å². The van der Waals surface area contributed by atoms with Crippen molar-refractivity contribution in [2.24, 2.45) is 0 Å². The van der Waals surface area contributed by atoms with E-state index in [1.807, 2.05) is 18.5 Å². The normalized spacial score (nSPS) is 17.0. The summed E-state index contributed by atoms with van der Waals surface area (Å²) in [4.78, 5) is 6.77. The molecule has 2 aromatic rings. The van der Waals surface area contributed by atoms with Crippen molar-refractivity contribution in [3.05, 3.63) is 66.0 Å². The zero-order valence-corrected chi connectivity index (χ0v) is 12.4. The number of likely N-dealkylation sites (tertiary alicyclic amines) is 1. The minimum Gasteiger partial charge on any atom is -0.311 e. The molecule has 1 fully saturated rings. The Balaban J connectivity index is 1.62. The number of hydrogen-bond acceptors (Lipinski definition) is 3. The second kappa shape index (κ2) is 7.34. The Morgan fingerprint density at radius 2 is 1.86 bits per heavy atom. The van der Waals surface area contributed by atoms with Crippen molar-refractivity contribution in [1.29, 1.82) is 0 Å². The Morgan fingerprint density at radius 1 is 1.05 bits per heavy atom. The van der Waals surface area contributed by atoms with E-state index in [4.69, 9.17) is 0 Å². The van der Waals surface area contributed by atoms with E-state index in [1.54, 1.807) is 0 Å². The van der Waals surface area contributed by atoms with Crippen molar-refractivity contribution < 1.29 is 0 Å². The van der Waals surface area contributed by atoms with Gasteiger partial charge in [0, 0.05) is 31.5 Å². The molecule has 1 aliphatic rings. The fourth-order valence-electron chi connectivity index (χ4n) is 3.04. The molecular formula is C18H23N3. The molecule has 21 heavy (non-hydrogen) atoms. The standard InChI is InChI=1S/C18H23N3/c1-2-8-17(9-3-1)18(21-11-4-5-12-21)15-20-14-16-7-6-10-19-13-16/h1-3,6-10,13,18,20H,4-5,11-12,14-15H2/t18-/m1/s1. The van der Waals surface area contributed by atoms with Gasteiger partial charge in [0.1, 0.15) is 0 Å². The Labute approximate surface area is 127 Å². The topological polar surface area (TPSA) is 28.2 Å². The first-order chi connectivity index (χ1) is 10.4. The van der Waals surface area contributed by atoms with Crippen LogP contribution in [0.2, 0.25) is 0 Å². The van der Waals surface area contributed by atoms with E-state index in [9.17, 15) is 0 Å². The molecule has 3 nitrogen and oxygen atoms in total. The maximum absolute atomic E-state index is 4.17. The van der Waals surface area contributed by atoms with E-state index >= 15 is 0 Å². The third-order valence-electron chi connectivity index (χ3n) is 4.16. The Morgan fingerprint density at radius 3 is 2.57 bits per heavy atom. The van der Waals surface area contributed by atoms with Crippen LogP contribution in [0.5, 0.6) is 0 Å². The summed E-state index contributed by atoms with van der Waals surface area (Å²) in [7, 11) is 0. The first-order valence-corrected chi connectivity index (χ1v) is 7.82. The van der Waals surface area contributed by atoms with E-state index in [-0.39, 0.29) is 0 Å². The smallest absolute Gasteiger partial charge is 0.0472 e. The monoisotopic (exact) mass is 281 g/mol. The fourth-order valence-corrected chi connectivity index (χ4v) is 3.04. The van der Waals surface area contributed by atoms with Gasteiger partial charge in [-0.1, -0.05) is 36.4 Å². The van der Waals surface area contributed by atoms with E-state index < -0.39 is 0 Å². The number of rotatable bonds is 6. The molecule has 110 valence electrons. The lowest BCUT2D eigenvalue weighted by atomic mass is 10.1. The minimum absolute atomic E-state index is 0.477. The van der Waals surface area contributed by atoms with Crippen molar-refractivity contribution in [2.75, 3.05) is 19.6 Å². The van der Waals surface area contributed by atoms with Crippen LogP contribution >= 0.6 is 0 Å². The molecule has 2 heterocycles. The highest BCUT2D eigenvalue weighted by molar-refractivity contribution is 5.20. The summed E-state index contributed by atoms with van der Waals surface area (Å²) in [6.07, 6.45) is 6.40. The molecule has 0 unspecified atom stereocenters. The van der Waals surface area contributed by atoms with Crippen molar-refractivity contribution in [3.8, 4) is 0 Å². The zero-order valence-electron chi connectivity index (χ0n) is 12.4. The molecule has 1 aromatic heterocycles. The lowest BCUT2D eigenvalue weighted by Gasteiger charge is -2.28. The van der Waals surface area contributed by atoms with Gasteiger partial charge < -0.3 is 5.32 Å². The molecule has 0 saturated carbocycles. The zero-order chi connectivity index (χ0) is 14.3. The Bertz CT molecular complexity index is 521.